The molecule has 1 aromatic rings. The average Bonchev–Trinajstić information content (AvgIpc) is 2.90. The van der Waals surface area contributed by atoms with E-state index in [9.17, 15) is 9.59 Å². The minimum Gasteiger partial charge on any atom is -0.356 e. The fraction of sp³-hybridized carbons (Fsp3) is 0.579. The first-order chi connectivity index (χ1) is 10.9. The molecule has 2 rings (SSSR count). The third kappa shape index (κ3) is 5.08. The van der Waals surface area contributed by atoms with Crippen LogP contribution in [-0.4, -0.2) is 35.3 Å². The highest BCUT2D eigenvalue weighted by Crippen LogP contribution is 2.25. The molecule has 126 valence electrons. The maximum Gasteiger partial charge on any atom is 0.225 e. The number of nitrogens with zero attached hydrogens (tertiary/aromatic N) is 1. The van der Waals surface area contributed by atoms with E-state index < -0.39 is 0 Å². The van der Waals surface area contributed by atoms with Gasteiger partial charge in [0.2, 0.25) is 11.8 Å². The van der Waals surface area contributed by atoms with Crippen molar-refractivity contribution >= 4 is 11.8 Å². The van der Waals surface area contributed by atoms with Gasteiger partial charge in [-0.3, -0.25) is 9.59 Å². The number of rotatable bonds is 6. The lowest BCUT2D eigenvalue weighted by Gasteiger charge is -2.31. The topological polar surface area (TPSA) is 49.4 Å². The minimum absolute atomic E-state index is 0.0183. The molecular formula is C19H28N2O2. The fourth-order valence-corrected chi connectivity index (χ4v) is 2.99. The third-order valence-corrected chi connectivity index (χ3v) is 4.34. The highest BCUT2D eigenvalue weighted by Gasteiger charge is 2.39. The summed E-state index contributed by atoms with van der Waals surface area (Å²) < 4.78 is 0. The zero-order valence-corrected chi connectivity index (χ0v) is 14.5. The second-order valence-corrected chi connectivity index (χ2v) is 7.31. The third-order valence-electron chi connectivity index (χ3n) is 4.34. The molecule has 0 saturated carbocycles. The van der Waals surface area contributed by atoms with E-state index in [-0.39, 0.29) is 23.3 Å². The van der Waals surface area contributed by atoms with Crippen molar-refractivity contribution in [3.8, 4) is 0 Å². The molecule has 2 amide bonds. The number of aryl methyl sites for hydroxylation is 1. The molecule has 1 aliphatic heterocycles. The number of likely N-dealkylation sites (tertiary alicyclic amines) is 1. The fourth-order valence-electron chi connectivity index (χ4n) is 2.99. The van der Waals surface area contributed by atoms with E-state index in [1.807, 2.05) is 31.7 Å². The molecule has 1 unspecified atom stereocenters. The summed E-state index contributed by atoms with van der Waals surface area (Å²) in [6.45, 7) is 7.25. The van der Waals surface area contributed by atoms with E-state index in [2.05, 4.69) is 29.6 Å². The Bertz CT molecular complexity index is 534. The molecule has 0 radical (unpaired) electrons. The second-order valence-electron chi connectivity index (χ2n) is 7.31. The molecule has 23 heavy (non-hydrogen) atoms. The highest BCUT2D eigenvalue weighted by molar-refractivity contribution is 5.89. The number of hydrogen-bond acceptors (Lipinski definition) is 2. The van der Waals surface area contributed by atoms with E-state index in [1.165, 1.54) is 5.56 Å². The van der Waals surface area contributed by atoms with E-state index in [0.717, 1.165) is 19.3 Å². The monoisotopic (exact) mass is 316 g/mol. The van der Waals surface area contributed by atoms with Crippen molar-refractivity contribution in [3.05, 3.63) is 35.9 Å². The van der Waals surface area contributed by atoms with Crippen LogP contribution in [0.3, 0.4) is 0 Å². The van der Waals surface area contributed by atoms with Gasteiger partial charge in [-0.15, -0.1) is 0 Å². The summed E-state index contributed by atoms with van der Waals surface area (Å²) in [4.78, 5) is 26.0. The number of unbranched alkanes of at least 4 members (excludes halogenated alkanes) is 1. The normalized spacial score (nSPS) is 18.3. The van der Waals surface area contributed by atoms with E-state index in [4.69, 9.17) is 0 Å². The van der Waals surface area contributed by atoms with Crippen LogP contribution < -0.4 is 5.32 Å². The lowest BCUT2D eigenvalue weighted by atomic mass is 10.1. The summed E-state index contributed by atoms with van der Waals surface area (Å²) in [5, 5.41) is 2.99. The van der Waals surface area contributed by atoms with Crippen LogP contribution in [0.4, 0.5) is 0 Å². The van der Waals surface area contributed by atoms with Crippen molar-refractivity contribution in [1.29, 1.82) is 0 Å². The summed E-state index contributed by atoms with van der Waals surface area (Å²) in [6.07, 6.45) is 3.40. The first-order valence-corrected chi connectivity index (χ1v) is 8.50. The summed E-state index contributed by atoms with van der Waals surface area (Å²) in [6, 6.07) is 10.4. The SMILES string of the molecule is CC(C)(C)N1CC(C(=O)NCCCCc2ccccc2)CC1=O. The van der Waals surface area contributed by atoms with Crippen LogP contribution >= 0.6 is 0 Å². The molecule has 1 heterocycles. The minimum atomic E-state index is -0.207. The molecule has 1 aromatic carbocycles. The number of carbonyl (C=O) groups is 2. The van der Waals surface area contributed by atoms with Crippen LogP contribution in [0.5, 0.6) is 0 Å². The van der Waals surface area contributed by atoms with Crippen LogP contribution in [-0.2, 0) is 16.0 Å². The molecule has 1 N–H and O–H groups in total. The Morgan fingerprint density at radius 1 is 1.22 bits per heavy atom. The molecule has 0 aliphatic carbocycles. The van der Waals surface area contributed by atoms with Crippen LogP contribution in [0.1, 0.15) is 45.6 Å². The number of amides is 2. The Morgan fingerprint density at radius 2 is 1.91 bits per heavy atom. The van der Waals surface area contributed by atoms with Crippen molar-refractivity contribution in [2.75, 3.05) is 13.1 Å². The Labute approximate surface area is 139 Å². The molecular weight excluding hydrogens is 288 g/mol. The molecule has 1 fully saturated rings. The van der Waals surface area contributed by atoms with Gasteiger partial charge in [0, 0.05) is 25.0 Å². The number of carbonyl (C=O) groups excluding carboxylic acids is 2. The largest absolute Gasteiger partial charge is 0.356 e. The van der Waals surface area contributed by atoms with Crippen LogP contribution in [0.25, 0.3) is 0 Å². The zero-order chi connectivity index (χ0) is 16.9. The molecule has 0 bridgehead atoms. The molecule has 1 saturated heterocycles. The van der Waals surface area contributed by atoms with Crippen LogP contribution in [0.15, 0.2) is 30.3 Å². The first-order valence-electron chi connectivity index (χ1n) is 8.50. The van der Waals surface area contributed by atoms with Gasteiger partial charge >= 0.3 is 0 Å². The molecule has 1 atom stereocenters. The Kier molecular flexibility index (Phi) is 5.80. The van der Waals surface area contributed by atoms with Gasteiger partial charge in [0.1, 0.15) is 0 Å². The summed E-state index contributed by atoms with van der Waals surface area (Å²) in [5.74, 6) is -0.0950. The maximum absolute atomic E-state index is 12.2. The summed E-state index contributed by atoms with van der Waals surface area (Å²) >= 11 is 0. The summed E-state index contributed by atoms with van der Waals surface area (Å²) in [5.41, 5.74) is 1.13. The molecule has 1 aliphatic rings. The Morgan fingerprint density at radius 3 is 2.52 bits per heavy atom. The van der Waals surface area contributed by atoms with Gasteiger partial charge in [-0.25, -0.2) is 0 Å². The zero-order valence-electron chi connectivity index (χ0n) is 14.5. The molecule has 4 nitrogen and oxygen atoms in total. The first kappa shape index (κ1) is 17.5. The second kappa shape index (κ2) is 7.62. The quantitative estimate of drug-likeness (QED) is 0.821. The standard InChI is InChI=1S/C19H28N2O2/c1-19(2,3)21-14-16(13-17(21)22)18(23)20-12-8-7-11-15-9-5-4-6-10-15/h4-6,9-10,16H,7-8,11-14H2,1-3H3,(H,20,23). The maximum atomic E-state index is 12.2. The lowest BCUT2D eigenvalue weighted by Crippen LogP contribution is -2.43. The Hall–Kier alpha value is -1.84. The van der Waals surface area contributed by atoms with E-state index >= 15 is 0 Å². The molecule has 0 aromatic heterocycles. The van der Waals surface area contributed by atoms with Crippen molar-refractivity contribution in [2.45, 2.75) is 52.0 Å². The van der Waals surface area contributed by atoms with Crippen LogP contribution in [0, 0.1) is 5.92 Å². The number of hydrogen-bond donors (Lipinski definition) is 1. The summed E-state index contributed by atoms with van der Waals surface area (Å²) in [7, 11) is 0. The lowest BCUT2D eigenvalue weighted by molar-refractivity contribution is -0.132. The predicted molar refractivity (Wildman–Crippen MR) is 92.0 cm³/mol. The number of benzene rings is 1. The van der Waals surface area contributed by atoms with Crippen molar-refractivity contribution in [3.63, 3.8) is 0 Å². The smallest absolute Gasteiger partial charge is 0.225 e. The average molecular weight is 316 g/mol. The van der Waals surface area contributed by atoms with Crippen LogP contribution in [0.2, 0.25) is 0 Å². The molecule has 4 heteroatoms. The van der Waals surface area contributed by atoms with Gasteiger partial charge in [0.25, 0.3) is 0 Å². The molecule has 0 spiro atoms. The van der Waals surface area contributed by atoms with Crippen molar-refractivity contribution < 1.29 is 9.59 Å². The van der Waals surface area contributed by atoms with Gasteiger partial charge in [0.15, 0.2) is 0 Å². The van der Waals surface area contributed by atoms with Crippen molar-refractivity contribution in [2.24, 2.45) is 5.92 Å². The van der Waals surface area contributed by atoms with E-state index in [1.54, 1.807) is 0 Å². The van der Waals surface area contributed by atoms with Gasteiger partial charge in [-0.05, 0) is 45.6 Å². The number of nitrogens with one attached hydrogen (secondary N) is 1. The van der Waals surface area contributed by atoms with E-state index in [0.29, 0.717) is 19.5 Å². The Balaban J connectivity index is 1.67. The van der Waals surface area contributed by atoms with Crippen molar-refractivity contribution in [1.82, 2.24) is 10.2 Å². The van der Waals surface area contributed by atoms with Gasteiger partial charge < -0.3 is 10.2 Å². The van der Waals surface area contributed by atoms with Gasteiger partial charge in [-0.2, -0.15) is 0 Å². The van der Waals surface area contributed by atoms with Gasteiger partial charge in [-0.1, -0.05) is 30.3 Å². The highest BCUT2D eigenvalue weighted by atomic mass is 16.2. The predicted octanol–water partition coefficient (Wildman–Crippen LogP) is 2.77. The van der Waals surface area contributed by atoms with Gasteiger partial charge in [0.05, 0.1) is 5.92 Å².